The number of anilines is 1. The number of rotatable bonds is 11. The number of sulfonamides is 1. The van der Waals surface area contributed by atoms with Crippen molar-refractivity contribution in [2.45, 2.75) is 57.2 Å². The largest absolute Gasteiger partial charge is 0.352 e. The van der Waals surface area contributed by atoms with Crippen molar-refractivity contribution < 1.29 is 18.0 Å². The fourth-order valence-electron chi connectivity index (χ4n) is 5.18. The summed E-state index contributed by atoms with van der Waals surface area (Å²) in [6.07, 6.45) is 6.23. The lowest BCUT2D eigenvalue weighted by molar-refractivity contribution is -0.140. The van der Waals surface area contributed by atoms with E-state index in [0.717, 1.165) is 53.8 Å². The van der Waals surface area contributed by atoms with Crippen molar-refractivity contribution in [3.05, 3.63) is 99.0 Å². The van der Waals surface area contributed by atoms with Gasteiger partial charge in [0.05, 0.1) is 11.9 Å². The Kier molecular flexibility index (Phi) is 11.2. The lowest BCUT2D eigenvalue weighted by Crippen LogP contribution is -2.55. The summed E-state index contributed by atoms with van der Waals surface area (Å²) in [6, 6.07) is 19.9. The summed E-state index contributed by atoms with van der Waals surface area (Å²) in [5.41, 5.74) is 1.77. The number of hydrogen-bond acceptors (Lipinski definition) is 4. The predicted molar refractivity (Wildman–Crippen MR) is 170 cm³/mol. The molecule has 0 aromatic heterocycles. The normalized spacial score (nSPS) is 14.7. The zero-order valence-electron chi connectivity index (χ0n) is 23.3. The fourth-order valence-corrected chi connectivity index (χ4v) is 6.66. The SMILES string of the molecule is CS(=O)(=O)N(CC(=O)N(Cc1ccc(Cl)cc1)[C@H](Cc1ccccc1)C(=O)NC1CCCCC1)c1cc(Cl)cc(Cl)c1. The average molecular weight is 651 g/mol. The number of amides is 2. The van der Waals surface area contributed by atoms with E-state index in [9.17, 15) is 18.0 Å². The molecule has 1 N–H and O–H groups in total. The Morgan fingerprint density at radius 3 is 2.07 bits per heavy atom. The molecule has 0 heterocycles. The molecule has 1 saturated carbocycles. The van der Waals surface area contributed by atoms with E-state index >= 15 is 0 Å². The molecular formula is C31H34Cl3N3O4S. The van der Waals surface area contributed by atoms with E-state index in [2.05, 4.69) is 5.32 Å². The molecule has 42 heavy (non-hydrogen) atoms. The minimum atomic E-state index is -3.94. The van der Waals surface area contributed by atoms with E-state index in [-0.39, 0.29) is 40.6 Å². The fraction of sp³-hybridized carbons (Fsp3) is 0.355. The summed E-state index contributed by atoms with van der Waals surface area (Å²) < 4.78 is 26.8. The van der Waals surface area contributed by atoms with Crippen LogP contribution in [-0.4, -0.2) is 50.0 Å². The first-order chi connectivity index (χ1) is 20.0. The van der Waals surface area contributed by atoms with Gasteiger partial charge >= 0.3 is 0 Å². The second-order valence-electron chi connectivity index (χ2n) is 10.6. The van der Waals surface area contributed by atoms with Gasteiger partial charge in [-0.25, -0.2) is 8.42 Å². The number of nitrogens with zero attached hydrogens (tertiary/aromatic N) is 2. The van der Waals surface area contributed by atoms with Gasteiger partial charge in [-0.05, 0) is 54.3 Å². The highest BCUT2D eigenvalue weighted by atomic mass is 35.5. The molecule has 1 fully saturated rings. The van der Waals surface area contributed by atoms with Crippen molar-refractivity contribution in [3.8, 4) is 0 Å². The molecule has 0 saturated heterocycles. The van der Waals surface area contributed by atoms with Gasteiger partial charge in [-0.3, -0.25) is 13.9 Å². The summed E-state index contributed by atoms with van der Waals surface area (Å²) in [7, 11) is -3.94. The molecule has 3 aromatic carbocycles. The van der Waals surface area contributed by atoms with E-state index in [1.807, 2.05) is 30.3 Å². The lowest BCUT2D eigenvalue weighted by atomic mass is 9.94. The van der Waals surface area contributed by atoms with Crippen LogP contribution in [-0.2, 0) is 32.6 Å². The number of hydrogen-bond donors (Lipinski definition) is 1. The second kappa shape index (κ2) is 14.6. The third-order valence-electron chi connectivity index (χ3n) is 7.30. The first-order valence-electron chi connectivity index (χ1n) is 13.8. The monoisotopic (exact) mass is 649 g/mol. The first kappa shape index (κ1) is 32.1. The Morgan fingerprint density at radius 2 is 1.48 bits per heavy atom. The van der Waals surface area contributed by atoms with Crippen LogP contribution < -0.4 is 9.62 Å². The number of benzene rings is 3. The van der Waals surface area contributed by atoms with E-state index in [1.165, 1.54) is 23.1 Å². The number of nitrogens with one attached hydrogen (secondary N) is 1. The molecule has 224 valence electrons. The third kappa shape index (κ3) is 9.11. The highest BCUT2D eigenvalue weighted by molar-refractivity contribution is 7.92. The molecule has 0 aliphatic heterocycles. The zero-order valence-corrected chi connectivity index (χ0v) is 26.4. The van der Waals surface area contributed by atoms with Crippen LogP contribution in [0.1, 0.15) is 43.2 Å². The number of carbonyl (C=O) groups excluding carboxylic acids is 2. The van der Waals surface area contributed by atoms with Gasteiger partial charge in [-0.15, -0.1) is 0 Å². The Bertz CT molecular complexity index is 1460. The molecule has 0 bridgehead atoms. The molecule has 11 heteroatoms. The van der Waals surface area contributed by atoms with Crippen LogP contribution in [0.5, 0.6) is 0 Å². The predicted octanol–water partition coefficient (Wildman–Crippen LogP) is 6.50. The molecule has 1 aliphatic rings. The van der Waals surface area contributed by atoms with Crippen LogP contribution in [0.2, 0.25) is 15.1 Å². The molecule has 4 rings (SSSR count). The van der Waals surface area contributed by atoms with E-state index < -0.39 is 28.5 Å². The molecule has 3 aromatic rings. The molecule has 2 amide bonds. The maximum Gasteiger partial charge on any atom is 0.244 e. The van der Waals surface area contributed by atoms with Gasteiger partial charge in [0.15, 0.2) is 0 Å². The third-order valence-corrected chi connectivity index (χ3v) is 9.13. The standard InChI is InChI=1S/C31H34Cl3N3O4S/c1-42(40,41)37(28-18-25(33)17-26(34)19-28)21-30(38)36(20-23-12-14-24(32)15-13-23)29(16-22-8-4-2-5-9-22)31(39)35-27-10-6-3-7-11-27/h2,4-5,8-9,12-15,17-19,27,29H,3,6-7,10-11,16,20-21H2,1H3,(H,35,39)/t29-/m1/s1. The van der Waals surface area contributed by atoms with Gasteiger partial charge < -0.3 is 10.2 Å². The van der Waals surface area contributed by atoms with E-state index in [4.69, 9.17) is 34.8 Å². The second-order valence-corrected chi connectivity index (χ2v) is 13.8. The van der Waals surface area contributed by atoms with Crippen molar-refractivity contribution in [3.63, 3.8) is 0 Å². The Morgan fingerprint density at radius 1 is 0.857 bits per heavy atom. The summed E-state index contributed by atoms with van der Waals surface area (Å²) in [4.78, 5) is 29.6. The van der Waals surface area contributed by atoms with Crippen LogP contribution in [0, 0.1) is 0 Å². The molecule has 0 radical (unpaired) electrons. The topological polar surface area (TPSA) is 86.8 Å². The van der Waals surface area contributed by atoms with E-state index in [1.54, 1.807) is 24.3 Å². The van der Waals surface area contributed by atoms with Gasteiger partial charge in [0, 0.05) is 34.1 Å². The highest BCUT2D eigenvalue weighted by Gasteiger charge is 2.34. The van der Waals surface area contributed by atoms with Crippen LogP contribution in [0.15, 0.2) is 72.8 Å². The van der Waals surface area contributed by atoms with Gasteiger partial charge in [-0.2, -0.15) is 0 Å². The maximum absolute atomic E-state index is 14.2. The Labute approximate surface area is 262 Å². The number of carbonyl (C=O) groups is 2. The highest BCUT2D eigenvalue weighted by Crippen LogP contribution is 2.28. The lowest BCUT2D eigenvalue weighted by Gasteiger charge is -2.35. The van der Waals surface area contributed by atoms with Crippen LogP contribution in [0.25, 0.3) is 0 Å². The van der Waals surface area contributed by atoms with Crippen LogP contribution in [0.4, 0.5) is 5.69 Å². The van der Waals surface area contributed by atoms with Crippen molar-refractivity contribution >= 4 is 62.3 Å². The number of halogens is 3. The molecule has 0 unspecified atom stereocenters. The molecule has 1 aliphatic carbocycles. The van der Waals surface area contributed by atoms with Crippen molar-refractivity contribution in [1.82, 2.24) is 10.2 Å². The van der Waals surface area contributed by atoms with Crippen molar-refractivity contribution in [2.75, 3.05) is 17.1 Å². The van der Waals surface area contributed by atoms with Gasteiger partial charge in [0.1, 0.15) is 12.6 Å². The Balaban J connectivity index is 1.73. The quantitative estimate of drug-likeness (QED) is 0.257. The van der Waals surface area contributed by atoms with Gasteiger partial charge in [0.25, 0.3) is 0 Å². The van der Waals surface area contributed by atoms with Gasteiger partial charge in [0.2, 0.25) is 21.8 Å². The molecular weight excluding hydrogens is 617 g/mol. The minimum absolute atomic E-state index is 0.0260. The first-order valence-corrected chi connectivity index (χ1v) is 16.8. The molecule has 0 spiro atoms. The summed E-state index contributed by atoms with van der Waals surface area (Å²) in [5, 5.41) is 4.17. The maximum atomic E-state index is 14.2. The zero-order chi connectivity index (χ0) is 30.3. The summed E-state index contributed by atoms with van der Waals surface area (Å²) >= 11 is 18.5. The van der Waals surface area contributed by atoms with Gasteiger partial charge in [-0.1, -0.05) is 96.5 Å². The minimum Gasteiger partial charge on any atom is -0.352 e. The molecule has 1 atom stereocenters. The van der Waals surface area contributed by atoms with Crippen LogP contribution >= 0.6 is 34.8 Å². The summed E-state index contributed by atoms with van der Waals surface area (Å²) in [6.45, 7) is -0.482. The Hall–Kier alpha value is -2.78. The molecule has 7 nitrogen and oxygen atoms in total. The summed E-state index contributed by atoms with van der Waals surface area (Å²) in [5.74, 6) is -0.823. The van der Waals surface area contributed by atoms with Crippen LogP contribution in [0.3, 0.4) is 0 Å². The van der Waals surface area contributed by atoms with Crippen molar-refractivity contribution in [1.29, 1.82) is 0 Å². The average Bonchev–Trinajstić information content (AvgIpc) is 2.94. The smallest absolute Gasteiger partial charge is 0.244 e. The van der Waals surface area contributed by atoms with E-state index in [0.29, 0.717) is 5.02 Å². The van der Waals surface area contributed by atoms with Crippen molar-refractivity contribution in [2.24, 2.45) is 0 Å².